The summed E-state index contributed by atoms with van der Waals surface area (Å²) in [6.45, 7) is 2.36. The zero-order chi connectivity index (χ0) is 20.2. The van der Waals surface area contributed by atoms with E-state index in [9.17, 15) is 18.0 Å². The molecule has 6 rings (SSSR count). The van der Waals surface area contributed by atoms with Crippen molar-refractivity contribution in [3.63, 3.8) is 0 Å². The van der Waals surface area contributed by atoms with Crippen LogP contribution in [-0.4, -0.2) is 62.8 Å². The molecule has 2 amide bonds. The van der Waals surface area contributed by atoms with Gasteiger partial charge < -0.3 is 15.1 Å². The number of hydrogen-bond donors (Lipinski definition) is 1. The lowest BCUT2D eigenvalue weighted by molar-refractivity contribution is -0.117. The standard InChI is InChI=1S/C21H27N3O4S/c25-20(16-1-2-16)22-17-3-4-18(21(26)23-5-7-29(27,28)8-6-23)19(11-17)24-12-14-9-15(10-14)13-24/h3-4,11,14-16H,1-2,5-10,12-13H2,(H,22,25). The van der Waals surface area contributed by atoms with E-state index in [1.54, 1.807) is 17.0 Å². The van der Waals surface area contributed by atoms with Crippen LogP contribution in [0.25, 0.3) is 0 Å². The van der Waals surface area contributed by atoms with Crippen LogP contribution in [0.3, 0.4) is 0 Å². The van der Waals surface area contributed by atoms with Gasteiger partial charge in [-0.1, -0.05) is 0 Å². The highest BCUT2D eigenvalue weighted by molar-refractivity contribution is 7.91. The fourth-order valence-corrected chi connectivity index (χ4v) is 6.00. The van der Waals surface area contributed by atoms with E-state index in [0.29, 0.717) is 17.4 Å². The summed E-state index contributed by atoms with van der Waals surface area (Å²) < 4.78 is 23.5. The average Bonchev–Trinajstić information content (AvgIpc) is 3.52. The molecule has 2 aliphatic carbocycles. The number of rotatable bonds is 4. The van der Waals surface area contributed by atoms with Gasteiger partial charge in [-0.3, -0.25) is 9.59 Å². The van der Waals surface area contributed by atoms with Crippen LogP contribution in [0, 0.1) is 17.8 Å². The van der Waals surface area contributed by atoms with Crippen molar-refractivity contribution < 1.29 is 18.0 Å². The number of amides is 2. The van der Waals surface area contributed by atoms with Crippen LogP contribution in [0.5, 0.6) is 0 Å². The van der Waals surface area contributed by atoms with Crippen molar-refractivity contribution in [1.29, 1.82) is 0 Å². The molecule has 2 bridgehead atoms. The Kier molecular flexibility index (Phi) is 4.57. The third-order valence-corrected chi connectivity index (χ3v) is 8.32. The maximum absolute atomic E-state index is 13.2. The largest absolute Gasteiger partial charge is 0.370 e. The van der Waals surface area contributed by atoms with Gasteiger partial charge in [-0.25, -0.2) is 8.42 Å². The number of anilines is 2. The molecule has 5 aliphatic rings. The van der Waals surface area contributed by atoms with Crippen molar-refractivity contribution in [2.24, 2.45) is 17.8 Å². The summed E-state index contributed by atoms with van der Waals surface area (Å²) in [6.07, 6.45) is 4.43. The molecule has 0 aromatic heterocycles. The number of fused-ring (bicyclic) bond motifs is 2. The third-order valence-electron chi connectivity index (χ3n) is 6.71. The number of nitrogens with zero attached hydrogens (tertiary/aromatic N) is 2. The van der Waals surface area contributed by atoms with Gasteiger partial charge in [0, 0.05) is 37.8 Å². The monoisotopic (exact) mass is 417 g/mol. The summed E-state index contributed by atoms with van der Waals surface area (Å²) >= 11 is 0. The molecule has 1 aromatic rings. The van der Waals surface area contributed by atoms with E-state index < -0.39 is 9.84 Å². The molecule has 156 valence electrons. The van der Waals surface area contributed by atoms with Crippen molar-refractivity contribution in [1.82, 2.24) is 4.90 Å². The lowest BCUT2D eigenvalue weighted by Crippen LogP contribution is -2.49. The van der Waals surface area contributed by atoms with E-state index in [4.69, 9.17) is 0 Å². The topological polar surface area (TPSA) is 86.8 Å². The second-order valence-electron chi connectivity index (χ2n) is 9.05. The first-order chi connectivity index (χ1) is 13.9. The molecule has 1 N–H and O–H groups in total. The molecule has 5 fully saturated rings. The third kappa shape index (κ3) is 3.86. The van der Waals surface area contributed by atoms with Crippen molar-refractivity contribution in [3.8, 4) is 0 Å². The van der Waals surface area contributed by atoms with E-state index >= 15 is 0 Å². The molecule has 1 aromatic carbocycles. The van der Waals surface area contributed by atoms with Gasteiger partial charge in [0.2, 0.25) is 5.91 Å². The second kappa shape index (κ2) is 7.00. The number of carbonyl (C=O) groups excluding carboxylic acids is 2. The fraction of sp³-hybridized carbons (Fsp3) is 0.619. The molecular formula is C21H27N3O4S. The smallest absolute Gasteiger partial charge is 0.256 e. The summed E-state index contributed by atoms with van der Waals surface area (Å²) in [5, 5.41) is 2.99. The summed E-state index contributed by atoms with van der Waals surface area (Å²) in [7, 11) is -3.04. The molecule has 3 saturated heterocycles. The molecule has 8 heteroatoms. The number of hydrogen-bond acceptors (Lipinski definition) is 5. The number of nitrogens with one attached hydrogen (secondary N) is 1. The van der Waals surface area contributed by atoms with Gasteiger partial charge in [0.25, 0.3) is 5.91 Å². The Morgan fingerprint density at radius 2 is 1.66 bits per heavy atom. The van der Waals surface area contributed by atoms with Gasteiger partial charge in [0.05, 0.1) is 22.8 Å². The Balaban J connectivity index is 1.41. The van der Waals surface area contributed by atoms with Crippen LogP contribution < -0.4 is 10.2 Å². The molecule has 3 aliphatic heterocycles. The van der Waals surface area contributed by atoms with Crippen LogP contribution in [0.1, 0.15) is 36.0 Å². The summed E-state index contributed by atoms with van der Waals surface area (Å²) in [4.78, 5) is 29.4. The summed E-state index contributed by atoms with van der Waals surface area (Å²) in [6, 6.07) is 5.52. The van der Waals surface area contributed by atoms with Crippen LogP contribution in [0.15, 0.2) is 18.2 Å². The minimum Gasteiger partial charge on any atom is -0.370 e. The van der Waals surface area contributed by atoms with Crippen molar-refractivity contribution >= 4 is 33.0 Å². The van der Waals surface area contributed by atoms with Crippen molar-refractivity contribution in [2.75, 3.05) is 47.9 Å². The van der Waals surface area contributed by atoms with Gasteiger partial charge in [0.15, 0.2) is 9.84 Å². The van der Waals surface area contributed by atoms with E-state index in [2.05, 4.69) is 10.2 Å². The predicted octanol–water partition coefficient (Wildman–Crippen LogP) is 1.75. The molecule has 0 radical (unpaired) electrons. The summed E-state index contributed by atoms with van der Waals surface area (Å²) in [5.41, 5.74) is 2.20. The first-order valence-corrected chi connectivity index (χ1v) is 12.4. The lowest BCUT2D eigenvalue weighted by atomic mass is 9.71. The average molecular weight is 418 g/mol. The molecule has 0 spiro atoms. The minimum atomic E-state index is -3.04. The van der Waals surface area contributed by atoms with Crippen LogP contribution in [0.4, 0.5) is 11.4 Å². The molecule has 2 saturated carbocycles. The quantitative estimate of drug-likeness (QED) is 0.807. The molecule has 0 unspecified atom stereocenters. The van der Waals surface area contributed by atoms with Crippen LogP contribution >= 0.6 is 0 Å². The highest BCUT2D eigenvalue weighted by atomic mass is 32.2. The van der Waals surface area contributed by atoms with Crippen molar-refractivity contribution in [3.05, 3.63) is 23.8 Å². The van der Waals surface area contributed by atoms with E-state index in [-0.39, 0.29) is 42.3 Å². The zero-order valence-corrected chi connectivity index (χ0v) is 17.3. The maximum Gasteiger partial charge on any atom is 0.256 e. The van der Waals surface area contributed by atoms with Crippen molar-refractivity contribution in [2.45, 2.75) is 25.7 Å². The molecular weight excluding hydrogens is 390 g/mol. The molecule has 3 heterocycles. The zero-order valence-electron chi connectivity index (χ0n) is 16.5. The van der Waals surface area contributed by atoms with Gasteiger partial charge >= 0.3 is 0 Å². The Morgan fingerprint density at radius 3 is 2.28 bits per heavy atom. The Labute approximate surface area is 171 Å². The first-order valence-electron chi connectivity index (χ1n) is 10.6. The van der Waals surface area contributed by atoms with E-state index in [0.717, 1.165) is 37.3 Å². The second-order valence-corrected chi connectivity index (χ2v) is 11.4. The van der Waals surface area contributed by atoms with Gasteiger partial charge in [0.1, 0.15) is 0 Å². The normalized spacial score (nSPS) is 27.9. The minimum absolute atomic E-state index is 0.0253. The lowest BCUT2D eigenvalue weighted by Gasteiger charge is -2.48. The number of carbonyl (C=O) groups is 2. The van der Waals surface area contributed by atoms with Gasteiger partial charge in [-0.15, -0.1) is 0 Å². The maximum atomic E-state index is 13.2. The number of benzene rings is 1. The Morgan fingerprint density at radius 1 is 1.00 bits per heavy atom. The molecule has 0 atom stereocenters. The predicted molar refractivity (Wildman–Crippen MR) is 111 cm³/mol. The van der Waals surface area contributed by atoms with Gasteiger partial charge in [-0.05, 0) is 55.7 Å². The number of piperidine rings is 2. The van der Waals surface area contributed by atoms with E-state index in [1.807, 2.05) is 6.07 Å². The summed E-state index contributed by atoms with van der Waals surface area (Å²) in [5.74, 6) is 1.47. The highest BCUT2D eigenvalue weighted by Crippen LogP contribution is 2.42. The highest BCUT2D eigenvalue weighted by Gasteiger charge is 2.39. The number of sulfone groups is 1. The van der Waals surface area contributed by atoms with Gasteiger partial charge in [-0.2, -0.15) is 0 Å². The van der Waals surface area contributed by atoms with Crippen LogP contribution in [-0.2, 0) is 14.6 Å². The first kappa shape index (κ1) is 18.9. The Hall–Kier alpha value is -2.09. The molecule has 7 nitrogen and oxygen atoms in total. The molecule has 29 heavy (non-hydrogen) atoms. The fourth-order valence-electron chi connectivity index (χ4n) is 4.79. The Bertz CT molecular complexity index is 927. The SMILES string of the molecule is O=C(Nc1ccc(C(=O)N2CCS(=O)(=O)CC2)c(N2CC3CC(C3)C2)c1)C1CC1. The van der Waals surface area contributed by atoms with E-state index in [1.165, 1.54) is 12.8 Å². The van der Waals surface area contributed by atoms with Crippen LogP contribution in [0.2, 0.25) is 0 Å².